The Morgan fingerprint density at radius 1 is 1.33 bits per heavy atom. The summed E-state index contributed by atoms with van der Waals surface area (Å²) in [4.78, 5) is 19.8. The monoisotopic (exact) mass is 329 g/mol. The van der Waals surface area contributed by atoms with Gasteiger partial charge < -0.3 is 14.9 Å². The van der Waals surface area contributed by atoms with Gasteiger partial charge in [0.15, 0.2) is 0 Å². The molecule has 1 N–H and O–H groups in total. The van der Waals surface area contributed by atoms with Crippen molar-refractivity contribution in [3.63, 3.8) is 0 Å². The average Bonchev–Trinajstić information content (AvgIpc) is 2.96. The number of benzene rings is 1. The fourth-order valence-electron chi connectivity index (χ4n) is 3.04. The second kappa shape index (κ2) is 6.57. The van der Waals surface area contributed by atoms with Crippen molar-refractivity contribution in [1.29, 1.82) is 0 Å². The van der Waals surface area contributed by atoms with E-state index in [9.17, 15) is 14.3 Å². The minimum absolute atomic E-state index is 0.114. The average molecular weight is 329 g/mol. The molecule has 0 bridgehead atoms. The standard InChI is InChI=1S/C18H20FN3O2/c1-21(2)18(24)13-6-7-17(20-10-13)22-11-15(23)9-16(22)12-4-3-5-14(19)8-12/h3-8,10,15-16,23H,9,11H2,1-2H3/t15-,16+/m1/s1. The Balaban J connectivity index is 1.88. The van der Waals surface area contributed by atoms with Crippen LogP contribution in [0.3, 0.4) is 0 Å². The molecule has 24 heavy (non-hydrogen) atoms. The highest BCUT2D eigenvalue weighted by molar-refractivity contribution is 5.93. The lowest BCUT2D eigenvalue weighted by Crippen LogP contribution is -2.26. The van der Waals surface area contributed by atoms with Gasteiger partial charge in [-0.1, -0.05) is 12.1 Å². The van der Waals surface area contributed by atoms with Crippen LogP contribution in [-0.2, 0) is 0 Å². The molecule has 1 aliphatic rings. The third-order valence-corrected chi connectivity index (χ3v) is 4.21. The SMILES string of the molecule is CN(C)C(=O)c1ccc(N2C[C@H](O)C[C@H]2c2cccc(F)c2)nc1. The first kappa shape index (κ1) is 16.4. The summed E-state index contributed by atoms with van der Waals surface area (Å²) in [5, 5.41) is 10.1. The molecule has 1 aliphatic heterocycles. The van der Waals surface area contributed by atoms with Gasteiger partial charge in [-0.15, -0.1) is 0 Å². The molecule has 6 heteroatoms. The number of amides is 1. The van der Waals surface area contributed by atoms with Crippen molar-refractivity contribution in [3.05, 3.63) is 59.5 Å². The molecular formula is C18H20FN3O2. The van der Waals surface area contributed by atoms with E-state index in [4.69, 9.17) is 0 Å². The molecule has 126 valence electrons. The molecule has 2 atom stereocenters. The van der Waals surface area contributed by atoms with E-state index in [0.717, 1.165) is 5.56 Å². The van der Waals surface area contributed by atoms with E-state index >= 15 is 0 Å². The maximum Gasteiger partial charge on any atom is 0.254 e. The highest BCUT2D eigenvalue weighted by atomic mass is 19.1. The van der Waals surface area contributed by atoms with Crippen LogP contribution in [0.25, 0.3) is 0 Å². The fourth-order valence-corrected chi connectivity index (χ4v) is 3.04. The summed E-state index contributed by atoms with van der Waals surface area (Å²) in [5.41, 5.74) is 1.31. The van der Waals surface area contributed by atoms with E-state index in [1.54, 1.807) is 32.3 Å². The molecule has 0 spiro atoms. The number of halogens is 1. The largest absolute Gasteiger partial charge is 0.391 e. The summed E-state index contributed by atoms with van der Waals surface area (Å²) >= 11 is 0. The van der Waals surface area contributed by atoms with E-state index in [1.807, 2.05) is 11.0 Å². The summed E-state index contributed by atoms with van der Waals surface area (Å²) in [7, 11) is 3.38. The number of carbonyl (C=O) groups excluding carboxylic acids is 1. The van der Waals surface area contributed by atoms with Crippen LogP contribution in [-0.4, -0.2) is 47.6 Å². The summed E-state index contributed by atoms with van der Waals surface area (Å²) in [6, 6.07) is 9.75. The van der Waals surface area contributed by atoms with E-state index in [1.165, 1.54) is 23.2 Å². The first-order valence-electron chi connectivity index (χ1n) is 7.83. The topological polar surface area (TPSA) is 56.7 Å². The van der Waals surface area contributed by atoms with Crippen LogP contribution >= 0.6 is 0 Å². The van der Waals surface area contributed by atoms with Crippen LogP contribution in [0.5, 0.6) is 0 Å². The van der Waals surface area contributed by atoms with Crippen molar-refractivity contribution in [2.45, 2.75) is 18.6 Å². The Morgan fingerprint density at radius 2 is 2.12 bits per heavy atom. The number of nitrogens with zero attached hydrogens (tertiary/aromatic N) is 3. The summed E-state index contributed by atoms with van der Waals surface area (Å²) < 4.78 is 13.5. The van der Waals surface area contributed by atoms with Gasteiger partial charge in [-0.05, 0) is 36.2 Å². The summed E-state index contributed by atoms with van der Waals surface area (Å²) in [6.07, 6.45) is 1.55. The van der Waals surface area contributed by atoms with Crippen LogP contribution in [0.1, 0.15) is 28.4 Å². The Kier molecular flexibility index (Phi) is 4.49. The fraction of sp³-hybridized carbons (Fsp3) is 0.333. The van der Waals surface area contributed by atoms with Crippen molar-refractivity contribution in [3.8, 4) is 0 Å². The summed E-state index contributed by atoms with van der Waals surface area (Å²) in [5.74, 6) is 0.252. The minimum Gasteiger partial charge on any atom is -0.391 e. The minimum atomic E-state index is -0.497. The highest BCUT2D eigenvalue weighted by Gasteiger charge is 2.33. The Hall–Kier alpha value is -2.47. The van der Waals surface area contributed by atoms with Crippen LogP contribution in [0.15, 0.2) is 42.6 Å². The van der Waals surface area contributed by atoms with Gasteiger partial charge in [0, 0.05) is 26.8 Å². The number of aromatic nitrogens is 1. The molecule has 2 heterocycles. The lowest BCUT2D eigenvalue weighted by Gasteiger charge is -2.26. The van der Waals surface area contributed by atoms with Crippen molar-refractivity contribution in [2.75, 3.05) is 25.5 Å². The first-order chi connectivity index (χ1) is 11.5. The predicted molar refractivity (Wildman–Crippen MR) is 89.4 cm³/mol. The normalized spacial score (nSPS) is 20.2. The van der Waals surface area contributed by atoms with Gasteiger partial charge in [0.05, 0.1) is 17.7 Å². The van der Waals surface area contributed by atoms with Crippen molar-refractivity contribution in [1.82, 2.24) is 9.88 Å². The molecule has 1 amide bonds. The lowest BCUT2D eigenvalue weighted by molar-refractivity contribution is 0.0827. The third kappa shape index (κ3) is 3.23. The molecule has 0 aliphatic carbocycles. The van der Waals surface area contributed by atoms with Crippen LogP contribution in [0.2, 0.25) is 0 Å². The molecule has 5 nitrogen and oxygen atoms in total. The van der Waals surface area contributed by atoms with Gasteiger partial charge in [-0.2, -0.15) is 0 Å². The Bertz CT molecular complexity index is 733. The molecule has 0 unspecified atom stereocenters. The van der Waals surface area contributed by atoms with Gasteiger partial charge >= 0.3 is 0 Å². The number of hydrogen-bond donors (Lipinski definition) is 1. The van der Waals surface area contributed by atoms with Crippen molar-refractivity contribution < 1.29 is 14.3 Å². The molecule has 1 aromatic carbocycles. The van der Waals surface area contributed by atoms with Gasteiger partial charge in [-0.25, -0.2) is 9.37 Å². The third-order valence-electron chi connectivity index (χ3n) is 4.21. The number of rotatable bonds is 3. The molecule has 2 aromatic rings. The number of aliphatic hydroxyl groups excluding tert-OH is 1. The number of hydrogen-bond acceptors (Lipinski definition) is 4. The molecule has 1 fully saturated rings. The van der Waals surface area contributed by atoms with E-state index in [0.29, 0.717) is 24.3 Å². The van der Waals surface area contributed by atoms with Crippen molar-refractivity contribution in [2.24, 2.45) is 0 Å². The van der Waals surface area contributed by atoms with Gasteiger partial charge in [0.2, 0.25) is 0 Å². The number of aliphatic hydroxyl groups is 1. The smallest absolute Gasteiger partial charge is 0.254 e. The first-order valence-corrected chi connectivity index (χ1v) is 7.83. The number of β-amino-alcohol motifs (C(OH)–C–C–N with tert-alkyl or cyclic N) is 1. The maximum atomic E-state index is 13.5. The molecule has 1 saturated heterocycles. The zero-order valence-corrected chi connectivity index (χ0v) is 13.7. The van der Waals surface area contributed by atoms with Crippen LogP contribution in [0, 0.1) is 5.82 Å². The number of pyridine rings is 1. The quantitative estimate of drug-likeness (QED) is 0.938. The zero-order chi connectivity index (χ0) is 17.3. The molecule has 0 radical (unpaired) electrons. The second-order valence-corrected chi connectivity index (χ2v) is 6.22. The second-order valence-electron chi connectivity index (χ2n) is 6.22. The number of carbonyl (C=O) groups is 1. The predicted octanol–water partition coefficient (Wildman–Crippen LogP) is 2.23. The van der Waals surface area contributed by atoms with E-state index in [2.05, 4.69) is 4.98 Å². The van der Waals surface area contributed by atoms with E-state index in [-0.39, 0.29) is 17.8 Å². The Morgan fingerprint density at radius 3 is 2.75 bits per heavy atom. The molecule has 0 saturated carbocycles. The van der Waals surface area contributed by atoms with E-state index < -0.39 is 6.10 Å². The van der Waals surface area contributed by atoms with Gasteiger partial charge in [0.1, 0.15) is 11.6 Å². The number of anilines is 1. The highest BCUT2D eigenvalue weighted by Crippen LogP contribution is 2.35. The van der Waals surface area contributed by atoms with Gasteiger partial charge in [0.25, 0.3) is 5.91 Å². The molecule has 3 rings (SSSR count). The lowest BCUT2D eigenvalue weighted by atomic mass is 10.0. The van der Waals surface area contributed by atoms with Gasteiger partial charge in [-0.3, -0.25) is 4.79 Å². The molecule has 1 aromatic heterocycles. The van der Waals surface area contributed by atoms with Crippen LogP contribution in [0.4, 0.5) is 10.2 Å². The maximum absolute atomic E-state index is 13.5. The molecular weight excluding hydrogens is 309 g/mol. The Labute approximate surface area is 140 Å². The van der Waals surface area contributed by atoms with Crippen molar-refractivity contribution >= 4 is 11.7 Å². The van der Waals surface area contributed by atoms with Crippen LogP contribution < -0.4 is 4.90 Å². The summed E-state index contributed by atoms with van der Waals surface area (Å²) in [6.45, 7) is 0.426. The zero-order valence-electron chi connectivity index (χ0n) is 13.7.